The van der Waals surface area contributed by atoms with Gasteiger partial charge in [0.05, 0.1) is 25.4 Å². The molecule has 0 radical (unpaired) electrons. The maximum absolute atomic E-state index is 12.5. The minimum atomic E-state index is -0.663. The Hall–Kier alpha value is -2.18. The van der Waals surface area contributed by atoms with E-state index in [-0.39, 0.29) is 18.5 Å². The first-order valence-electron chi connectivity index (χ1n) is 39.9. The van der Waals surface area contributed by atoms with Gasteiger partial charge in [0.1, 0.15) is 0 Å². The predicted molar refractivity (Wildman–Crippen MR) is 389 cm³/mol. The summed E-state index contributed by atoms with van der Waals surface area (Å²) in [6, 6.07) is -0.540. The lowest BCUT2D eigenvalue weighted by Crippen LogP contribution is -2.45. The van der Waals surface area contributed by atoms with E-state index in [0.717, 1.165) is 57.8 Å². The highest BCUT2D eigenvalue weighted by molar-refractivity contribution is 5.76. The quantitative estimate of drug-likeness (QED) is 0.0320. The average Bonchev–Trinajstić information content (AvgIpc) is 3.59. The van der Waals surface area contributed by atoms with Gasteiger partial charge in [-0.1, -0.05) is 383 Å². The molecular formula is C82H155NO5. The maximum atomic E-state index is 12.5. The van der Waals surface area contributed by atoms with Crippen LogP contribution in [0.3, 0.4) is 0 Å². The first kappa shape index (κ1) is 85.8. The molecule has 0 aromatic heterocycles. The van der Waals surface area contributed by atoms with Crippen LogP contribution in [0.1, 0.15) is 438 Å². The number of amides is 1. The number of hydrogen-bond acceptors (Lipinski definition) is 5. The second-order valence-electron chi connectivity index (χ2n) is 27.4. The van der Waals surface area contributed by atoms with Gasteiger partial charge in [0.25, 0.3) is 0 Å². The van der Waals surface area contributed by atoms with Crippen molar-refractivity contribution in [2.45, 2.75) is 450 Å². The third-order valence-electron chi connectivity index (χ3n) is 18.6. The number of unbranched alkanes of at least 4 members (excludes halogenated alkanes) is 56. The maximum Gasteiger partial charge on any atom is 0.305 e. The van der Waals surface area contributed by atoms with Crippen LogP contribution >= 0.6 is 0 Å². The lowest BCUT2D eigenvalue weighted by molar-refractivity contribution is -0.143. The minimum absolute atomic E-state index is 0.0118. The van der Waals surface area contributed by atoms with Crippen LogP contribution < -0.4 is 5.32 Å². The molecule has 6 heteroatoms. The van der Waals surface area contributed by atoms with Crippen molar-refractivity contribution in [2.75, 3.05) is 13.2 Å². The van der Waals surface area contributed by atoms with E-state index in [1.54, 1.807) is 0 Å². The van der Waals surface area contributed by atoms with Gasteiger partial charge >= 0.3 is 5.97 Å². The molecule has 0 rings (SSSR count). The zero-order valence-electron chi connectivity index (χ0n) is 59.5. The summed E-state index contributed by atoms with van der Waals surface area (Å²) in [6.45, 7) is 4.97. The van der Waals surface area contributed by atoms with Crippen LogP contribution in [-0.4, -0.2) is 47.4 Å². The summed E-state index contributed by atoms with van der Waals surface area (Å²) in [5, 5.41) is 23.4. The van der Waals surface area contributed by atoms with E-state index in [9.17, 15) is 19.8 Å². The highest BCUT2D eigenvalue weighted by Crippen LogP contribution is 2.19. The molecule has 0 saturated carbocycles. The average molecular weight is 1240 g/mol. The number of aliphatic hydroxyl groups excluding tert-OH is 2. The second-order valence-corrected chi connectivity index (χ2v) is 27.4. The Balaban J connectivity index is 3.36. The molecule has 88 heavy (non-hydrogen) atoms. The zero-order chi connectivity index (χ0) is 63.5. The number of hydrogen-bond donors (Lipinski definition) is 3. The van der Waals surface area contributed by atoms with Crippen molar-refractivity contribution < 1.29 is 24.5 Å². The smallest absolute Gasteiger partial charge is 0.305 e. The molecular weight excluding hydrogens is 1080 g/mol. The molecule has 2 atom stereocenters. The number of allylic oxidation sites excluding steroid dienone is 8. The fourth-order valence-electron chi connectivity index (χ4n) is 12.5. The number of carbonyl (C=O) groups is 2. The summed E-state index contributed by atoms with van der Waals surface area (Å²) < 4.78 is 5.51. The van der Waals surface area contributed by atoms with Crippen LogP contribution in [0.15, 0.2) is 48.6 Å². The molecule has 0 saturated heterocycles. The number of esters is 1. The Kier molecular flexibility index (Phi) is 75.4. The molecule has 1 amide bonds. The Morgan fingerprint density at radius 1 is 0.318 bits per heavy atom. The first-order chi connectivity index (χ1) is 43.5. The molecule has 0 aliphatic rings. The van der Waals surface area contributed by atoms with Crippen molar-refractivity contribution in [3.63, 3.8) is 0 Å². The summed E-state index contributed by atoms with van der Waals surface area (Å²) in [5.74, 6) is -0.0171. The summed E-state index contributed by atoms with van der Waals surface area (Å²) in [4.78, 5) is 24.6. The van der Waals surface area contributed by atoms with E-state index in [0.29, 0.717) is 25.9 Å². The van der Waals surface area contributed by atoms with Crippen LogP contribution in [0.4, 0.5) is 0 Å². The highest BCUT2D eigenvalue weighted by atomic mass is 16.5. The Labute approximate surface area is 550 Å². The van der Waals surface area contributed by atoms with Gasteiger partial charge in [-0.15, -0.1) is 0 Å². The minimum Gasteiger partial charge on any atom is -0.466 e. The largest absolute Gasteiger partial charge is 0.466 e. The fourth-order valence-corrected chi connectivity index (χ4v) is 12.5. The molecule has 0 heterocycles. The van der Waals surface area contributed by atoms with Crippen LogP contribution in [0.25, 0.3) is 0 Å². The molecule has 0 bridgehead atoms. The SMILES string of the molecule is CCCCCC/C=C\C/C=C\CCCCCCCCCC(=O)OCCCCCCCCCCCCCCC/C=C\C/C=C\CCCCCCCCCCCCCCCCCCCC(=O)NC(CO)C(O)CCCCCCCCCCCCCCCCCC. The van der Waals surface area contributed by atoms with Crippen molar-refractivity contribution in [3.05, 3.63) is 48.6 Å². The van der Waals surface area contributed by atoms with Crippen molar-refractivity contribution >= 4 is 11.9 Å². The normalized spacial score (nSPS) is 12.7. The third-order valence-corrected chi connectivity index (χ3v) is 18.6. The number of rotatable bonds is 75. The van der Waals surface area contributed by atoms with E-state index in [2.05, 4.69) is 67.8 Å². The summed E-state index contributed by atoms with van der Waals surface area (Å²) >= 11 is 0. The number of carbonyl (C=O) groups excluding carboxylic acids is 2. The van der Waals surface area contributed by atoms with Crippen LogP contribution in [0, 0.1) is 0 Å². The molecule has 6 nitrogen and oxygen atoms in total. The number of ether oxygens (including phenoxy) is 1. The van der Waals surface area contributed by atoms with E-state index in [1.807, 2.05) is 0 Å². The number of aliphatic hydroxyl groups is 2. The molecule has 2 unspecified atom stereocenters. The van der Waals surface area contributed by atoms with E-state index in [1.165, 1.54) is 347 Å². The van der Waals surface area contributed by atoms with Gasteiger partial charge in [0.2, 0.25) is 5.91 Å². The van der Waals surface area contributed by atoms with Crippen molar-refractivity contribution in [2.24, 2.45) is 0 Å². The lowest BCUT2D eigenvalue weighted by Gasteiger charge is -2.22. The lowest BCUT2D eigenvalue weighted by atomic mass is 10.0. The topological polar surface area (TPSA) is 95.9 Å². The summed E-state index contributed by atoms with van der Waals surface area (Å²) in [7, 11) is 0. The molecule has 518 valence electrons. The van der Waals surface area contributed by atoms with E-state index < -0.39 is 12.1 Å². The molecule has 0 aliphatic carbocycles. The monoisotopic (exact) mass is 1230 g/mol. The fraction of sp³-hybridized carbons (Fsp3) is 0.878. The van der Waals surface area contributed by atoms with Gasteiger partial charge in [-0.2, -0.15) is 0 Å². The van der Waals surface area contributed by atoms with Crippen molar-refractivity contribution in [1.29, 1.82) is 0 Å². The van der Waals surface area contributed by atoms with Gasteiger partial charge < -0.3 is 20.3 Å². The third kappa shape index (κ3) is 72.9. The number of nitrogens with one attached hydrogen (secondary N) is 1. The van der Waals surface area contributed by atoms with Crippen molar-refractivity contribution in [1.82, 2.24) is 5.32 Å². The Bertz CT molecular complexity index is 1470. The molecule has 0 aromatic rings. The first-order valence-corrected chi connectivity index (χ1v) is 39.9. The van der Waals surface area contributed by atoms with Crippen LogP contribution in [-0.2, 0) is 14.3 Å². The van der Waals surface area contributed by atoms with Gasteiger partial charge in [0.15, 0.2) is 0 Å². The van der Waals surface area contributed by atoms with Crippen LogP contribution in [0.2, 0.25) is 0 Å². The zero-order valence-corrected chi connectivity index (χ0v) is 59.5. The summed E-state index contributed by atoms with van der Waals surface area (Å²) in [5.41, 5.74) is 0. The predicted octanol–water partition coefficient (Wildman–Crippen LogP) is 26.4. The van der Waals surface area contributed by atoms with Crippen LogP contribution in [0.5, 0.6) is 0 Å². The molecule has 3 N–H and O–H groups in total. The van der Waals surface area contributed by atoms with Crippen molar-refractivity contribution in [3.8, 4) is 0 Å². The van der Waals surface area contributed by atoms with Gasteiger partial charge in [-0.25, -0.2) is 0 Å². The van der Waals surface area contributed by atoms with E-state index >= 15 is 0 Å². The highest BCUT2D eigenvalue weighted by Gasteiger charge is 2.20. The second kappa shape index (κ2) is 77.3. The Morgan fingerprint density at radius 3 is 0.875 bits per heavy atom. The molecule has 0 spiro atoms. The van der Waals surface area contributed by atoms with Gasteiger partial charge in [-0.3, -0.25) is 9.59 Å². The summed E-state index contributed by atoms with van der Waals surface area (Å²) in [6.07, 6.45) is 102. The molecule has 0 aromatic carbocycles. The van der Waals surface area contributed by atoms with Gasteiger partial charge in [-0.05, 0) is 89.9 Å². The van der Waals surface area contributed by atoms with E-state index in [4.69, 9.17) is 4.74 Å². The Morgan fingerprint density at radius 2 is 0.568 bits per heavy atom. The standard InChI is InChI=1S/C82H155NO5/c1-3-5-7-9-11-13-15-17-19-21-44-48-52-56-60-64-68-72-76-82(87)88-77-73-69-65-61-57-53-49-45-42-40-38-36-34-32-30-28-26-24-22-23-25-27-29-31-33-35-37-39-41-43-47-51-55-59-63-67-71-75-81(86)83-79(78-84)80(85)74-70-66-62-58-54-50-46-20-18-16-14-12-10-8-6-4-2/h13,15,19,21-22,24,28,30,79-80,84-85H,3-12,14,16-18,20,23,25-27,29,31-78H2,1-2H3,(H,83,86)/b15-13-,21-19-,24-22-,30-28-. The van der Waals surface area contributed by atoms with Gasteiger partial charge in [0, 0.05) is 12.8 Å². The molecule has 0 aliphatic heterocycles. The molecule has 0 fully saturated rings.